The predicted octanol–water partition coefficient (Wildman–Crippen LogP) is 1.07. The number of carbonyl (C=O) groups excluding carboxylic acids is 2. The highest BCUT2D eigenvalue weighted by atomic mass is 16.5. The van der Waals surface area contributed by atoms with Gasteiger partial charge in [-0.25, -0.2) is 0 Å². The van der Waals surface area contributed by atoms with Crippen LogP contribution in [0.3, 0.4) is 0 Å². The van der Waals surface area contributed by atoms with Gasteiger partial charge in [-0.05, 0) is 20.9 Å². The lowest BCUT2D eigenvalue weighted by atomic mass is 10.1. The minimum absolute atomic E-state index is 0.179. The summed E-state index contributed by atoms with van der Waals surface area (Å²) in [4.78, 5) is 24.4. The van der Waals surface area contributed by atoms with Gasteiger partial charge in [0.05, 0.1) is 25.6 Å². The van der Waals surface area contributed by atoms with E-state index in [2.05, 4.69) is 0 Å². The Bertz CT molecular complexity index is 243. The number of ether oxygens (including phenoxy) is 2. The van der Waals surface area contributed by atoms with Gasteiger partial charge >= 0.3 is 11.9 Å². The molecule has 0 saturated heterocycles. The van der Waals surface area contributed by atoms with Crippen LogP contribution in [0.25, 0.3) is 0 Å². The third-order valence-electron chi connectivity index (χ3n) is 2.28. The molecule has 100 valence electrons. The highest BCUT2D eigenvalue weighted by Crippen LogP contribution is 2.02. The highest BCUT2D eigenvalue weighted by molar-refractivity contribution is 5.72. The van der Waals surface area contributed by atoms with Crippen LogP contribution in [0.5, 0.6) is 0 Å². The van der Waals surface area contributed by atoms with E-state index in [0.717, 1.165) is 0 Å². The normalized spacial score (nSPS) is 12.3. The Kier molecular flexibility index (Phi) is 8.40. The quantitative estimate of drug-likeness (QED) is 0.599. The van der Waals surface area contributed by atoms with Gasteiger partial charge in [-0.2, -0.15) is 0 Å². The molecule has 0 aromatic heterocycles. The smallest absolute Gasteiger partial charge is 0.309 e. The second-order valence-electron chi connectivity index (χ2n) is 3.97. The third kappa shape index (κ3) is 7.74. The summed E-state index contributed by atoms with van der Waals surface area (Å²) < 4.78 is 9.74. The molecule has 0 amide bonds. The van der Waals surface area contributed by atoms with Crippen LogP contribution in [0.2, 0.25) is 0 Å². The van der Waals surface area contributed by atoms with Crippen molar-refractivity contribution in [1.82, 2.24) is 4.90 Å². The lowest BCUT2D eigenvalue weighted by Gasteiger charge is -2.19. The fourth-order valence-electron chi connectivity index (χ4n) is 1.43. The molecule has 0 spiro atoms. The minimum Gasteiger partial charge on any atom is -0.466 e. The van der Waals surface area contributed by atoms with Crippen molar-refractivity contribution < 1.29 is 19.1 Å². The zero-order valence-electron chi connectivity index (χ0n) is 11.2. The first kappa shape index (κ1) is 15.9. The third-order valence-corrected chi connectivity index (χ3v) is 2.28. The number of nitrogens with zero attached hydrogens (tertiary/aromatic N) is 1. The summed E-state index contributed by atoms with van der Waals surface area (Å²) in [6.45, 7) is 7.36. The molecule has 5 nitrogen and oxygen atoms in total. The van der Waals surface area contributed by atoms with E-state index in [-0.39, 0.29) is 17.9 Å². The van der Waals surface area contributed by atoms with Crippen LogP contribution in [0, 0.1) is 5.92 Å². The average molecular weight is 245 g/mol. The Balaban J connectivity index is 3.81. The molecular formula is C12H23NO4. The van der Waals surface area contributed by atoms with Crippen molar-refractivity contribution in [3.05, 3.63) is 0 Å². The first-order valence-corrected chi connectivity index (χ1v) is 6.02. The molecule has 1 atom stereocenters. The molecular weight excluding hydrogens is 222 g/mol. The average Bonchev–Trinajstić information content (AvgIpc) is 2.27. The fraction of sp³-hybridized carbons (Fsp3) is 0.833. The summed E-state index contributed by atoms with van der Waals surface area (Å²) in [6, 6.07) is 0. The number of carbonyl (C=O) groups is 2. The molecule has 0 aromatic carbocycles. The van der Waals surface area contributed by atoms with E-state index in [1.807, 2.05) is 18.9 Å². The molecule has 0 rings (SSSR count). The Morgan fingerprint density at radius 2 is 1.76 bits per heavy atom. The van der Waals surface area contributed by atoms with Crippen LogP contribution in [-0.2, 0) is 19.1 Å². The number of rotatable bonds is 8. The molecule has 0 fully saturated rings. The summed E-state index contributed by atoms with van der Waals surface area (Å²) in [7, 11) is 1.87. The van der Waals surface area contributed by atoms with Crippen LogP contribution < -0.4 is 0 Å². The molecule has 1 unspecified atom stereocenters. The maximum Gasteiger partial charge on any atom is 0.309 e. The molecule has 0 bridgehead atoms. The van der Waals surface area contributed by atoms with E-state index in [0.29, 0.717) is 32.7 Å². The van der Waals surface area contributed by atoms with E-state index in [4.69, 9.17) is 9.47 Å². The second kappa shape index (κ2) is 8.98. The van der Waals surface area contributed by atoms with Crippen LogP contribution in [0.4, 0.5) is 0 Å². The molecule has 0 aliphatic rings. The van der Waals surface area contributed by atoms with E-state index in [1.165, 1.54) is 0 Å². The van der Waals surface area contributed by atoms with Gasteiger partial charge in [-0.3, -0.25) is 9.59 Å². The standard InChI is InChI=1S/C12H23NO4/c1-5-16-11(14)7-8-13(4)9-10(3)12(15)17-6-2/h10H,5-9H2,1-4H3. The van der Waals surface area contributed by atoms with Crippen LogP contribution in [0.15, 0.2) is 0 Å². The first-order chi connectivity index (χ1) is 8.01. The van der Waals surface area contributed by atoms with Crippen LogP contribution in [0.1, 0.15) is 27.2 Å². The Morgan fingerprint density at radius 1 is 1.18 bits per heavy atom. The summed E-state index contributed by atoms with van der Waals surface area (Å²) >= 11 is 0. The highest BCUT2D eigenvalue weighted by Gasteiger charge is 2.16. The second-order valence-corrected chi connectivity index (χ2v) is 3.97. The monoisotopic (exact) mass is 245 g/mol. The SMILES string of the molecule is CCOC(=O)CCN(C)CC(C)C(=O)OCC. The Morgan fingerprint density at radius 3 is 2.29 bits per heavy atom. The molecule has 0 aliphatic heterocycles. The zero-order chi connectivity index (χ0) is 13.3. The maximum atomic E-state index is 11.4. The van der Waals surface area contributed by atoms with E-state index < -0.39 is 0 Å². The molecule has 0 saturated carbocycles. The van der Waals surface area contributed by atoms with E-state index in [9.17, 15) is 9.59 Å². The topological polar surface area (TPSA) is 55.8 Å². The van der Waals surface area contributed by atoms with Gasteiger partial charge < -0.3 is 14.4 Å². The molecule has 0 aromatic rings. The summed E-state index contributed by atoms with van der Waals surface area (Å²) in [6.07, 6.45) is 0.347. The largest absolute Gasteiger partial charge is 0.466 e. The molecule has 5 heteroatoms. The van der Waals surface area contributed by atoms with Gasteiger partial charge in [-0.1, -0.05) is 6.92 Å². The molecule has 0 N–H and O–H groups in total. The van der Waals surface area contributed by atoms with Crippen molar-refractivity contribution in [1.29, 1.82) is 0 Å². The van der Waals surface area contributed by atoms with Crippen molar-refractivity contribution in [2.75, 3.05) is 33.4 Å². The lowest BCUT2D eigenvalue weighted by Crippen LogP contribution is -2.31. The van der Waals surface area contributed by atoms with Crippen molar-refractivity contribution in [3.8, 4) is 0 Å². The zero-order valence-corrected chi connectivity index (χ0v) is 11.2. The summed E-state index contributed by atoms with van der Waals surface area (Å²) in [5.41, 5.74) is 0. The number of hydrogen-bond acceptors (Lipinski definition) is 5. The van der Waals surface area contributed by atoms with Gasteiger partial charge in [-0.15, -0.1) is 0 Å². The lowest BCUT2D eigenvalue weighted by molar-refractivity contribution is -0.147. The van der Waals surface area contributed by atoms with Gasteiger partial charge in [0.2, 0.25) is 0 Å². The van der Waals surface area contributed by atoms with Crippen molar-refractivity contribution in [2.24, 2.45) is 5.92 Å². The van der Waals surface area contributed by atoms with Gasteiger partial charge in [0.15, 0.2) is 0 Å². The Hall–Kier alpha value is -1.10. The van der Waals surface area contributed by atoms with Crippen molar-refractivity contribution >= 4 is 11.9 Å². The number of hydrogen-bond donors (Lipinski definition) is 0. The predicted molar refractivity (Wildman–Crippen MR) is 64.5 cm³/mol. The maximum absolute atomic E-state index is 11.4. The molecule has 0 aliphatic carbocycles. The summed E-state index contributed by atoms with van der Waals surface area (Å²) in [5.74, 6) is -0.583. The minimum atomic E-state index is -0.205. The van der Waals surface area contributed by atoms with Gasteiger partial charge in [0, 0.05) is 13.1 Å². The summed E-state index contributed by atoms with van der Waals surface area (Å²) in [5, 5.41) is 0. The van der Waals surface area contributed by atoms with Crippen molar-refractivity contribution in [3.63, 3.8) is 0 Å². The molecule has 0 radical (unpaired) electrons. The van der Waals surface area contributed by atoms with Gasteiger partial charge in [0.25, 0.3) is 0 Å². The van der Waals surface area contributed by atoms with Crippen LogP contribution in [-0.4, -0.2) is 50.2 Å². The van der Waals surface area contributed by atoms with E-state index >= 15 is 0 Å². The van der Waals surface area contributed by atoms with Crippen molar-refractivity contribution in [2.45, 2.75) is 27.2 Å². The number of esters is 2. The van der Waals surface area contributed by atoms with Crippen LogP contribution >= 0.6 is 0 Å². The van der Waals surface area contributed by atoms with Gasteiger partial charge in [0.1, 0.15) is 0 Å². The fourth-order valence-corrected chi connectivity index (χ4v) is 1.43. The first-order valence-electron chi connectivity index (χ1n) is 6.02. The molecule has 17 heavy (non-hydrogen) atoms. The molecule has 0 heterocycles. The Labute approximate surface area is 103 Å². The van der Waals surface area contributed by atoms with E-state index in [1.54, 1.807) is 13.8 Å².